The SMILES string of the molecule is CC(C)(C)OC(=O)N1C(=O)N(C(=O)OC(C)(C)C)C23N(C(=O)OC(C)(C)C)C(=O)N(C(=O)OC(C)(C)C)C12N(C(=O)OC(C)(C)C)C(=O)N3C(=O)OC(C)(C)C. The Morgan fingerprint density at radius 3 is 0.500 bits per heavy atom. The number of rotatable bonds is 0. The van der Waals surface area contributed by atoms with Gasteiger partial charge in [0.15, 0.2) is 0 Å². The summed E-state index contributed by atoms with van der Waals surface area (Å²) in [5, 5.41) is 0. The number of carbonyl (C=O) groups is 9. The molecule has 0 aliphatic carbocycles. The minimum absolute atomic E-state index is 0.111. The zero-order chi connectivity index (χ0) is 43.9. The first-order valence-electron chi connectivity index (χ1n) is 17.6. The minimum atomic E-state index is -3.78. The number of carbonyl (C=O) groups excluding carboxylic acids is 9. The molecule has 0 atom stereocenters. The molecule has 3 heterocycles. The zero-order valence-electron chi connectivity index (χ0n) is 35.3. The standard InChI is InChI=1S/C35H54N6O15/c1-28(2,3)51-22(45)36-19(42)37(23(46)52-29(4,5)6)35-34(36,38(24(47)53-30(7,8)9)20(43)40(35)26(49)55-32(13,14)15)39(25(48)54-31(10,11)12)21(44)41(35)27(50)56-33(16,17)18/h1-18H3. The van der Waals surface area contributed by atoms with Gasteiger partial charge in [-0.2, -0.15) is 29.4 Å². The van der Waals surface area contributed by atoms with Crippen LogP contribution in [0.5, 0.6) is 0 Å². The number of amides is 12. The molecule has 56 heavy (non-hydrogen) atoms. The lowest BCUT2D eigenvalue weighted by Crippen LogP contribution is -2.77. The molecule has 0 bridgehead atoms. The third-order valence-corrected chi connectivity index (χ3v) is 6.92. The molecular weight excluding hydrogens is 744 g/mol. The van der Waals surface area contributed by atoms with E-state index in [1.54, 1.807) is 0 Å². The summed E-state index contributed by atoms with van der Waals surface area (Å²) in [5.74, 6) is -7.56. The molecule has 0 unspecified atom stereocenters. The van der Waals surface area contributed by atoms with Crippen LogP contribution < -0.4 is 0 Å². The van der Waals surface area contributed by atoms with E-state index in [1.807, 2.05) is 0 Å². The molecule has 21 nitrogen and oxygen atoms in total. The first-order valence-corrected chi connectivity index (χ1v) is 17.6. The number of hydrogen-bond donors (Lipinski definition) is 0. The summed E-state index contributed by atoms with van der Waals surface area (Å²) in [5.41, 5.74) is -9.06. The molecule has 3 rings (SSSR count). The van der Waals surface area contributed by atoms with E-state index in [9.17, 15) is 28.8 Å². The van der Waals surface area contributed by atoms with E-state index >= 15 is 14.4 Å². The van der Waals surface area contributed by atoms with E-state index in [0.717, 1.165) is 0 Å². The first kappa shape index (κ1) is 45.0. The van der Waals surface area contributed by atoms with Crippen molar-refractivity contribution in [2.75, 3.05) is 0 Å². The monoisotopic (exact) mass is 798 g/mol. The van der Waals surface area contributed by atoms with Crippen LogP contribution in [-0.2, 0) is 28.4 Å². The van der Waals surface area contributed by atoms with Gasteiger partial charge in [0.1, 0.15) is 33.6 Å². The van der Waals surface area contributed by atoms with Gasteiger partial charge in [-0.05, 0) is 125 Å². The first-order chi connectivity index (χ1) is 24.7. The molecule has 0 aromatic rings. The Morgan fingerprint density at radius 1 is 0.304 bits per heavy atom. The van der Waals surface area contributed by atoms with E-state index in [2.05, 4.69) is 0 Å². The average molecular weight is 799 g/mol. The maximum absolute atomic E-state index is 15.1. The molecule has 0 aromatic heterocycles. The van der Waals surface area contributed by atoms with Crippen LogP contribution in [0.25, 0.3) is 0 Å². The molecule has 0 saturated carbocycles. The van der Waals surface area contributed by atoms with Gasteiger partial charge in [0.05, 0.1) is 0 Å². The molecule has 3 saturated heterocycles. The smallest absolute Gasteiger partial charge is 0.422 e. The molecule has 0 N–H and O–H groups in total. The fraction of sp³-hybridized carbons (Fsp3) is 0.743. The Bertz CT molecular complexity index is 1420. The van der Waals surface area contributed by atoms with Crippen LogP contribution in [0.1, 0.15) is 125 Å². The second-order valence-corrected chi connectivity index (χ2v) is 19.0. The summed E-state index contributed by atoms with van der Waals surface area (Å²) in [6.45, 7) is 24.5. The third-order valence-electron chi connectivity index (χ3n) is 6.92. The summed E-state index contributed by atoms with van der Waals surface area (Å²) in [4.78, 5) is 132. The number of nitrogens with zero attached hydrogens (tertiary/aromatic N) is 6. The van der Waals surface area contributed by atoms with Crippen molar-refractivity contribution in [1.82, 2.24) is 29.4 Å². The summed E-state index contributed by atoms with van der Waals surface area (Å²) in [6, 6.07) is -5.59. The van der Waals surface area contributed by atoms with Gasteiger partial charge in [0.2, 0.25) is 0 Å². The lowest BCUT2D eigenvalue weighted by molar-refractivity contribution is -0.139. The van der Waals surface area contributed by atoms with Crippen molar-refractivity contribution in [2.45, 2.75) is 170 Å². The van der Waals surface area contributed by atoms with Gasteiger partial charge in [-0.15, -0.1) is 0 Å². The molecule has 3 aliphatic rings. The van der Waals surface area contributed by atoms with Crippen molar-refractivity contribution in [3.05, 3.63) is 0 Å². The number of urea groups is 3. The van der Waals surface area contributed by atoms with Gasteiger partial charge in [0.25, 0.3) is 11.6 Å². The highest BCUT2D eigenvalue weighted by Gasteiger charge is 2.97. The van der Waals surface area contributed by atoms with Crippen molar-refractivity contribution in [3.8, 4) is 0 Å². The van der Waals surface area contributed by atoms with Crippen LogP contribution in [0.4, 0.5) is 43.2 Å². The van der Waals surface area contributed by atoms with E-state index < -0.39 is 99.8 Å². The topological polar surface area (TPSA) is 228 Å². The highest BCUT2D eigenvalue weighted by Crippen LogP contribution is 2.61. The fourth-order valence-electron chi connectivity index (χ4n) is 5.68. The van der Waals surface area contributed by atoms with Crippen LogP contribution in [0.15, 0.2) is 0 Å². The molecule has 12 amide bonds. The summed E-state index contributed by atoms with van der Waals surface area (Å²) < 4.78 is 33.3. The van der Waals surface area contributed by atoms with Gasteiger partial charge in [-0.25, -0.2) is 43.2 Å². The van der Waals surface area contributed by atoms with Gasteiger partial charge in [-0.1, -0.05) is 0 Å². The fourth-order valence-corrected chi connectivity index (χ4v) is 5.68. The van der Waals surface area contributed by atoms with Gasteiger partial charge < -0.3 is 28.4 Å². The van der Waals surface area contributed by atoms with Crippen molar-refractivity contribution in [1.29, 1.82) is 0 Å². The summed E-state index contributed by atoms with van der Waals surface area (Å²) >= 11 is 0. The number of ether oxygens (including phenoxy) is 6. The molecular formula is C35H54N6O15. The lowest BCUT2D eigenvalue weighted by atomic mass is 10.1. The van der Waals surface area contributed by atoms with Crippen molar-refractivity contribution in [3.63, 3.8) is 0 Å². The Hall–Kier alpha value is -5.37. The molecule has 0 aromatic carbocycles. The van der Waals surface area contributed by atoms with Gasteiger partial charge >= 0.3 is 54.7 Å². The highest BCUT2D eigenvalue weighted by atomic mass is 16.6. The molecule has 0 spiro atoms. The summed E-state index contributed by atoms with van der Waals surface area (Å²) in [6.07, 6.45) is -10.8. The molecule has 314 valence electrons. The van der Waals surface area contributed by atoms with Crippen LogP contribution >= 0.6 is 0 Å². The van der Waals surface area contributed by atoms with Crippen LogP contribution in [0, 0.1) is 0 Å². The van der Waals surface area contributed by atoms with Crippen LogP contribution in [0.2, 0.25) is 0 Å². The Labute approximate surface area is 325 Å². The quantitative estimate of drug-likeness (QED) is 0.222. The maximum atomic E-state index is 15.1. The molecule has 3 aliphatic heterocycles. The van der Waals surface area contributed by atoms with E-state index in [4.69, 9.17) is 28.4 Å². The van der Waals surface area contributed by atoms with Crippen molar-refractivity contribution < 1.29 is 71.6 Å². The van der Waals surface area contributed by atoms with E-state index in [0.29, 0.717) is 0 Å². The lowest BCUT2D eigenvalue weighted by Gasteiger charge is -2.44. The predicted octanol–water partition coefficient (Wildman–Crippen LogP) is 7.12. The molecule has 3 fully saturated rings. The Balaban J connectivity index is 2.86. The average Bonchev–Trinajstić information content (AvgIpc) is 3.31. The van der Waals surface area contributed by atoms with Gasteiger partial charge in [-0.3, -0.25) is 0 Å². The third kappa shape index (κ3) is 7.97. The largest absolute Gasteiger partial charge is 0.443 e. The van der Waals surface area contributed by atoms with Crippen LogP contribution in [-0.4, -0.2) is 129 Å². The number of hydrogen-bond acceptors (Lipinski definition) is 15. The normalized spacial score (nSPS) is 21.9. The zero-order valence-corrected chi connectivity index (χ0v) is 35.3. The second-order valence-electron chi connectivity index (χ2n) is 19.0. The predicted molar refractivity (Wildman–Crippen MR) is 190 cm³/mol. The Kier molecular flexibility index (Phi) is 10.8. The Morgan fingerprint density at radius 2 is 0.411 bits per heavy atom. The van der Waals surface area contributed by atoms with E-state index in [1.165, 1.54) is 125 Å². The van der Waals surface area contributed by atoms with Gasteiger partial charge in [0, 0.05) is 0 Å². The highest BCUT2D eigenvalue weighted by molar-refractivity contribution is 6.17. The maximum Gasteiger partial charge on any atom is 0.422 e. The summed E-state index contributed by atoms with van der Waals surface area (Å²) in [7, 11) is 0. The van der Waals surface area contributed by atoms with Crippen molar-refractivity contribution >= 4 is 54.7 Å². The molecule has 21 heteroatoms. The second kappa shape index (κ2) is 13.4. The van der Waals surface area contributed by atoms with E-state index in [-0.39, 0.29) is 29.4 Å². The minimum Gasteiger partial charge on any atom is -0.443 e. The molecule has 0 radical (unpaired) electrons. The van der Waals surface area contributed by atoms with Crippen molar-refractivity contribution in [2.24, 2.45) is 0 Å². The van der Waals surface area contributed by atoms with Crippen LogP contribution in [0.3, 0.4) is 0 Å². The number of imide groups is 6.